The predicted molar refractivity (Wildman–Crippen MR) is 63.1 cm³/mol. The molecule has 7 nitrogen and oxygen atoms in total. The van der Waals surface area contributed by atoms with Gasteiger partial charge in [-0.05, 0) is 6.42 Å². The number of nitrogens with zero attached hydrogens (tertiary/aromatic N) is 1. The zero-order valence-corrected chi connectivity index (χ0v) is 11.9. The van der Waals surface area contributed by atoms with Gasteiger partial charge in [0, 0.05) is 13.0 Å². The van der Waals surface area contributed by atoms with E-state index in [1.807, 2.05) is 0 Å². The highest BCUT2D eigenvalue weighted by Gasteiger charge is 2.55. The molecule has 0 bridgehead atoms. The maximum Gasteiger partial charge on any atom is 0.274 e. The Balaban J connectivity index is 6.09. The Labute approximate surface area is 107 Å². The first kappa shape index (κ1) is 17.3. The Kier molecular flexibility index (Phi) is 5.30. The van der Waals surface area contributed by atoms with Crippen molar-refractivity contribution in [2.75, 3.05) is 27.7 Å². The van der Waals surface area contributed by atoms with Crippen molar-refractivity contribution in [3.05, 3.63) is 0 Å². The molecule has 0 rings (SSSR count). The summed E-state index contributed by atoms with van der Waals surface area (Å²) in [6.07, 6.45) is -0.417. The molecule has 0 aliphatic rings. The Bertz CT molecular complexity index is 399. The summed E-state index contributed by atoms with van der Waals surface area (Å²) in [5, 5.41) is 19.0. The normalized spacial score (nSPS) is 18.1. The predicted octanol–water partition coefficient (Wildman–Crippen LogP) is -1.77. The van der Waals surface area contributed by atoms with Gasteiger partial charge in [0.1, 0.15) is 11.2 Å². The van der Waals surface area contributed by atoms with E-state index >= 15 is 0 Å². The topological polar surface area (TPSA) is 115 Å². The second kappa shape index (κ2) is 5.52. The molecule has 0 fully saturated rings. The molecule has 8 heteroatoms. The number of carboxylic acids is 1. The lowest BCUT2D eigenvalue weighted by molar-refractivity contribution is -0.916. The number of aliphatic hydroxyl groups excluding tert-OH is 1. The number of carbonyl (C=O) groups excluding carboxylic acids is 1. The van der Waals surface area contributed by atoms with Gasteiger partial charge in [-0.15, -0.1) is 0 Å². The van der Waals surface area contributed by atoms with Gasteiger partial charge in [0.25, 0.3) is 10.1 Å². The van der Waals surface area contributed by atoms with Gasteiger partial charge in [-0.3, -0.25) is 4.55 Å². The third kappa shape index (κ3) is 3.00. The third-order valence-corrected chi connectivity index (χ3v) is 4.75. The molecule has 0 aromatic carbocycles. The third-order valence-electron chi connectivity index (χ3n) is 3.31. The summed E-state index contributed by atoms with van der Waals surface area (Å²) in [5.74, 6) is -1.60. The lowest BCUT2D eigenvalue weighted by Crippen LogP contribution is -2.73. The van der Waals surface area contributed by atoms with Crippen LogP contribution in [0.3, 0.4) is 0 Å². The van der Waals surface area contributed by atoms with Gasteiger partial charge < -0.3 is 19.5 Å². The quantitative estimate of drug-likeness (QED) is 0.422. The van der Waals surface area contributed by atoms with Crippen molar-refractivity contribution in [1.29, 1.82) is 0 Å². The molecule has 108 valence electrons. The fourth-order valence-corrected chi connectivity index (χ4v) is 3.85. The number of hydrogen-bond acceptors (Lipinski definition) is 5. The van der Waals surface area contributed by atoms with E-state index in [0.29, 0.717) is 0 Å². The number of quaternary nitrogens is 1. The van der Waals surface area contributed by atoms with Crippen molar-refractivity contribution in [1.82, 2.24) is 0 Å². The first-order chi connectivity index (χ1) is 7.95. The first-order valence-corrected chi connectivity index (χ1v) is 7.05. The van der Waals surface area contributed by atoms with E-state index < -0.39 is 33.5 Å². The molecular formula is C10H21NO6S. The molecule has 2 unspecified atom stereocenters. The minimum atomic E-state index is -4.57. The lowest BCUT2D eigenvalue weighted by atomic mass is 9.86. The summed E-state index contributed by atoms with van der Waals surface area (Å²) in [5.41, 5.74) is -1.91. The zero-order chi connectivity index (χ0) is 14.8. The second-order valence-electron chi connectivity index (χ2n) is 5.11. The van der Waals surface area contributed by atoms with Crippen molar-refractivity contribution in [3.8, 4) is 0 Å². The van der Waals surface area contributed by atoms with Gasteiger partial charge >= 0.3 is 0 Å². The number of carboxylic acid groups (broad SMARTS) is 1. The molecule has 2 atom stereocenters. The van der Waals surface area contributed by atoms with Crippen LogP contribution in [0.1, 0.15) is 19.8 Å². The summed E-state index contributed by atoms with van der Waals surface area (Å²) in [7, 11) is -0.114. The monoisotopic (exact) mass is 283 g/mol. The molecule has 0 saturated carbocycles. The molecule has 0 amide bonds. The minimum Gasteiger partial charge on any atom is -0.544 e. The van der Waals surface area contributed by atoms with Gasteiger partial charge in [-0.1, -0.05) is 6.92 Å². The van der Waals surface area contributed by atoms with E-state index in [4.69, 9.17) is 5.11 Å². The van der Waals surface area contributed by atoms with E-state index in [-0.39, 0.29) is 17.3 Å². The summed E-state index contributed by atoms with van der Waals surface area (Å²) >= 11 is 0. The molecule has 0 aliphatic heterocycles. The van der Waals surface area contributed by atoms with Crippen LogP contribution in [0.5, 0.6) is 0 Å². The van der Waals surface area contributed by atoms with Crippen molar-refractivity contribution >= 4 is 16.1 Å². The molecule has 0 aromatic rings. The van der Waals surface area contributed by atoms with Crippen LogP contribution in [0.4, 0.5) is 0 Å². The Morgan fingerprint density at radius 2 is 1.83 bits per heavy atom. The van der Waals surface area contributed by atoms with Crippen LogP contribution in [0.2, 0.25) is 0 Å². The van der Waals surface area contributed by atoms with Crippen molar-refractivity contribution in [2.24, 2.45) is 0 Å². The Hall–Kier alpha value is -0.700. The van der Waals surface area contributed by atoms with E-state index in [1.165, 1.54) is 28.1 Å². The van der Waals surface area contributed by atoms with Gasteiger partial charge in [-0.2, -0.15) is 8.42 Å². The number of hydrogen-bond donors (Lipinski definition) is 2. The van der Waals surface area contributed by atoms with E-state index in [9.17, 15) is 22.9 Å². The molecule has 2 N–H and O–H groups in total. The molecule has 0 spiro atoms. The maximum absolute atomic E-state index is 11.5. The van der Waals surface area contributed by atoms with E-state index in [2.05, 4.69) is 0 Å². The van der Waals surface area contributed by atoms with Crippen molar-refractivity contribution < 1.29 is 32.5 Å². The van der Waals surface area contributed by atoms with Gasteiger partial charge in [-0.25, -0.2) is 0 Å². The van der Waals surface area contributed by atoms with Crippen molar-refractivity contribution in [2.45, 2.75) is 30.6 Å². The minimum absolute atomic E-state index is 0.0949. The Morgan fingerprint density at radius 3 is 2.00 bits per heavy atom. The molecular weight excluding hydrogens is 262 g/mol. The van der Waals surface area contributed by atoms with E-state index in [1.54, 1.807) is 0 Å². The van der Waals surface area contributed by atoms with Gasteiger partial charge in [0.2, 0.25) is 0 Å². The van der Waals surface area contributed by atoms with Crippen molar-refractivity contribution in [3.63, 3.8) is 0 Å². The smallest absolute Gasteiger partial charge is 0.274 e. The van der Waals surface area contributed by atoms with Crippen LogP contribution in [0.15, 0.2) is 0 Å². The average molecular weight is 283 g/mol. The molecule has 0 heterocycles. The fraction of sp³-hybridized carbons (Fsp3) is 0.900. The number of carbonyl (C=O) groups is 1. The molecule has 18 heavy (non-hydrogen) atoms. The SMILES string of the molecule is CCC(C(CCO)(C(=O)[O-])[N+](C)(C)C)S(=O)(=O)O. The van der Waals surface area contributed by atoms with E-state index in [0.717, 1.165) is 0 Å². The van der Waals surface area contributed by atoms with Gasteiger partial charge in [0.15, 0.2) is 5.54 Å². The number of aliphatic hydroxyl groups is 1. The second-order valence-corrected chi connectivity index (χ2v) is 6.71. The Morgan fingerprint density at radius 1 is 1.39 bits per heavy atom. The average Bonchev–Trinajstić information content (AvgIpc) is 2.12. The number of aliphatic carboxylic acids is 1. The molecule has 0 aliphatic carbocycles. The summed E-state index contributed by atoms with van der Waals surface area (Å²) in [6, 6.07) is 0. The highest BCUT2D eigenvalue weighted by molar-refractivity contribution is 7.86. The highest BCUT2D eigenvalue weighted by atomic mass is 32.2. The number of likely N-dealkylation sites (N-methyl/N-ethyl adjacent to an activating group) is 1. The summed E-state index contributed by atoms with van der Waals surface area (Å²) in [4.78, 5) is 11.5. The first-order valence-electron chi connectivity index (χ1n) is 5.55. The fourth-order valence-electron chi connectivity index (χ4n) is 2.40. The molecule has 0 saturated heterocycles. The zero-order valence-electron chi connectivity index (χ0n) is 11.1. The van der Waals surface area contributed by atoms with Crippen LogP contribution >= 0.6 is 0 Å². The standard InChI is InChI=1S/C10H21NO6S/c1-5-8(18(15,16)17)10(6-7-12,9(13)14)11(2,3)4/h8,12H,5-7H2,1-4H3,(H-,13,14,15,16,17). The van der Waals surface area contributed by atoms with Crippen LogP contribution in [0.25, 0.3) is 0 Å². The molecule has 0 radical (unpaired) electrons. The number of rotatable bonds is 7. The summed E-state index contributed by atoms with van der Waals surface area (Å²) < 4.78 is 31.8. The largest absolute Gasteiger partial charge is 0.544 e. The lowest BCUT2D eigenvalue weighted by Gasteiger charge is -2.49. The van der Waals surface area contributed by atoms with Gasteiger partial charge in [0.05, 0.1) is 21.1 Å². The summed E-state index contributed by atoms with van der Waals surface area (Å²) in [6.45, 7) is 0.943. The van der Waals surface area contributed by atoms with Crippen LogP contribution < -0.4 is 5.11 Å². The molecule has 0 aromatic heterocycles. The highest BCUT2D eigenvalue weighted by Crippen LogP contribution is 2.32. The van der Waals surface area contributed by atoms with Crippen LogP contribution in [0, 0.1) is 0 Å². The van der Waals surface area contributed by atoms with Crippen LogP contribution in [-0.4, -0.2) is 67.1 Å². The van der Waals surface area contributed by atoms with Crippen LogP contribution in [-0.2, 0) is 14.9 Å². The maximum atomic E-state index is 11.5.